The van der Waals surface area contributed by atoms with Crippen molar-refractivity contribution >= 4 is 0 Å². The Morgan fingerprint density at radius 3 is 2.67 bits per heavy atom. The van der Waals surface area contributed by atoms with Crippen LogP contribution in [-0.4, -0.2) is 23.3 Å². The number of nitrogens with one attached hydrogen (secondary N) is 2. The molecule has 1 rings (SSSR count). The summed E-state index contributed by atoms with van der Waals surface area (Å²) in [6, 6.07) is 0.330. The number of rotatable bonds is 6. The zero-order chi connectivity index (χ0) is 11.3. The molecule has 0 radical (unpaired) electrons. The van der Waals surface area contributed by atoms with Crippen molar-refractivity contribution in [1.29, 1.82) is 0 Å². The van der Waals surface area contributed by atoms with Crippen molar-refractivity contribution in [3.8, 4) is 0 Å². The van der Waals surface area contributed by atoms with Crippen molar-refractivity contribution < 1.29 is 0 Å². The summed E-state index contributed by atoms with van der Waals surface area (Å²) in [5.74, 6) is 1.17. The Labute approximate surface area is 91.6 Å². The fraction of sp³-hybridized carbons (Fsp3) is 0.727. The molecule has 0 saturated carbocycles. The Kier molecular flexibility index (Phi) is 4.78. The van der Waals surface area contributed by atoms with Crippen LogP contribution in [0.1, 0.15) is 32.4 Å². The maximum absolute atomic E-state index is 5.72. The van der Waals surface area contributed by atoms with E-state index in [1.807, 2.05) is 12.4 Å². The van der Waals surface area contributed by atoms with E-state index in [9.17, 15) is 0 Å². The Hall–Kier alpha value is -0.870. The van der Waals surface area contributed by atoms with Crippen molar-refractivity contribution in [2.24, 2.45) is 17.6 Å². The summed E-state index contributed by atoms with van der Waals surface area (Å²) in [5, 5.41) is 10.2. The Balaban J connectivity index is 2.36. The molecule has 1 aromatic rings. The summed E-state index contributed by atoms with van der Waals surface area (Å²) in [5.41, 5.74) is 6.91. The second kappa shape index (κ2) is 5.88. The van der Waals surface area contributed by atoms with Crippen LogP contribution in [0.25, 0.3) is 0 Å². The van der Waals surface area contributed by atoms with E-state index in [1.165, 1.54) is 5.56 Å². The molecule has 0 aliphatic rings. The highest BCUT2D eigenvalue weighted by molar-refractivity contribution is 5.07. The van der Waals surface area contributed by atoms with Gasteiger partial charge >= 0.3 is 0 Å². The summed E-state index contributed by atoms with van der Waals surface area (Å²) in [7, 11) is 0. The molecule has 86 valence electrons. The molecule has 4 nitrogen and oxygen atoms in total. The van der Waals surface area contributed by atoms with Crippen molar-refractivity contribution in [3.05, 3.63) is 18.0 Å². The van der Waals surface area contributed by atoms with Gasteiger partial charge in [0.1, 0.15) is 0 Å². The normalized spacial score (nSPS) is 15.5. The first kappa shape index (κ1) is 12.2. The monoisotopic (exact) mass is 210 g/mol. The number of aromatic nitrogens is 2. The molecule has 0 fully saturated rings. The highest BCUT2D eigenvalue weighted by Gasteiger charge is 2.13. The zero-order valence-corrected chi connectivity index (χ0v) is 9.83. The van der Waals surface area contributed by atoms with E-state index in [2.05, 4.69) is 36.3 Å². The van der Waals surface area contributed by atoms with Gasteiger partial charge in [-0.25, -0.2) is 0 Å². The second-order valence-electron chi connectivity index (χ2n) is 4.40. The number of aromatic amines is 1. The van der Waals surface area contributed by atoms with E-state index in [0.29, 0.717) is 17.9 Å². The van der Waals surface area contributed by atoms with Gasteiger partial charge in [0.2, 0.25) is 0 Å². The lowest BCUT2D eigenvalue weighted by Crippen LogP contribution is -2.33. The van der Waals surface area contributed by atoms with Gasteiger partial charge in [-0.05, 0) is 31.8 Å². The smallest absolute Gasteiger partial charge is 0.0534 e. The quantitative estimate of drug-likeness (QED) is 0.663. The first-order valence-corrected chi connectivity index (χ1v) is 5.57. The van der Waals surface area contributed by atoms with Crippen molar-refractivity contribution in [1.82, 2.24) is 15.5 Å². The number of nitrogens with two attached hydrogens (primary N) is 1. The molecule has 1 aromatic heterocycles. The molecule has 1 heterocycles. The largest absolute Gasteiger partial charge is 0.330 e. The van der Waals surface area contributed by atoms with Gasteiger partial charge in [0, 0.05) is 17.8 Å². The summed E-state index contributed by atoms with van der Waals surface area (Å²) in [6.45, 7) is 8.26. The molecule has 2 unspecified atom stereocenters. The van der Waals surface area contributed by atoms with Crippen LogP contribution in [0.15, 0.2) is 12.4 Å². The second-order valence-corrected chi connectivity index (χ2v) is 4.40. The van der Waals surface area contributed by atoms with E-state index in [0.717, 1.165) is 13.1 Å². The standard InChI is InChI=1S/C11H22N4/c1-8(2)10(4-12)5-13-9(3)11-6-14-15-7-11/h6-10,13H,4-5,12H2,1-3H3,(H,14,15). The molecule has 4 heteroatoms. The summed E-state index contributed by atoms with van der Waals surface area (Å²) in [6.07, 6.45) is 3.77. The van der Waals surface area contributed by atoms with Gasteiger partial charge in [-0.15, -0.1) is 0 Å². The van der Waals surface area contributed by atoms with E-state index < -0.39 is 0 Å². The SMILES string of the molecule is CC(NCC(CN)C(C)C)c1cn[nH]c1. The third-order valence-electron chi connectivity index (χ3n) is 2.95. The van der Waals surface area contributed by atoms with Gasteiger partial charge in [-0.3, -0.25) is 5.10 Å². The zero-order valence-electron chi connectivity index (χ0n) is 9.83. The predicted molar refractivity (Wildman–Crippen MR) is 62.4 cm³/mol. The van der Waals surface area contributed by atoms with Crippen LogP contribution in [0.5, 0.6) is 0 Å². The lowest BCUT2D eigenvalue weighted by atomic mass is 9.95. The summed E-state index contributed by atoms with van der Waals surface area (Å²) < 4.78 is 0. The predicted octanol–water partition coefficient (Wildman–Crippen LogP) is 1.29. The van der Waals surface area contributed by atoms with E-state index in [-0.39, 0.29) is 0 Å². The molecule has 0 aromatic carbocycles. The Bertz CT molecular complexity index is 256. The average Bonchev–Trinajstić information content (AvgIpc) is 2.70. The van der Waals surface area contributed by atoms with E-state index >= 15 is 0 Å². The fourth-order valence-corrected chi connectivity index (χ4v) is 1.53. The number of H-pyrrole nitrogens is 1. The maximum atomic E-state index is 5.72. The number of nitrogens with zero attached hydrogens (tertiary/aromatic N) is 1. The summed E-state index contributed by atoms with van der Waals surface area (Å²) >= 11 is 0. The van der Waals surface area contributed by atoms with Crippen molar-refractivity contribution in [2.45, 2.75) is 26.8 Å². The minimum absolute atomic E-state index is 0.330. The van der Waals surface area contributed by atoms with Gasteiger partial charge in [0.05, 0.1) is 6.20 Å². The summed E-state index contributed by atoms with van der Waals surface area (Å²) in [4.78, 5) is 0. The number of hydrogen-bond donors (Lipinski definition) is 3. The molecule has 0 aliphatic heterocycles. The first-order chi connectivity index (χ1) is 7.15. The third kappa shape index (κ3) is 3.64. The molecule has 2 atom stereocenters. The lowest BCUT2D eigenvalue weighted by Gasteiger charge is -2.21. The van der Waals surface area contributed by atoms with Gasteiger partial charge in [0.15, 0.2) is 0 Å². The van der Waals surface area contributed by atoms with E-state index in [1.54, 1.807) is 0 Å². The van der Waals surface area contributed by atoms with Crippen LogP contribution >= 0.6 is 0 Å². The lowest BCUT2D eigenvalue weighted by molar-refractivity contribution is 0.356. The van der Waals surface area contributed by atoms with Crippen LogP contribution in [0, 0.1) is 11.8 Å². The van der Waals surface area contributed by atoms with Crippen LogP contribution in [0.2, 0.25) is 0 Å². The third-order valence-corrected chi connectivity index (χ3v) is 2.95. The van der Waals surface area contributed by atoms with Crippen LogP contribution in [0.4, 0.5) is 0 Å². The van der Waals surface area contributed by atoms with Crippen molar-refractivity contribution in [2.75, 3.05) is 13.1 Å². The molecular weight excluding hydrogens is 188 g/mol. The van der Waals surface area contributed by atoms with Crippen LogP contribution in [-0.2, 0) is 0 Å². The molecule has 0 saturated heterocycles. The van der Waals surface area contributed by atoms with Crippen LogP contribution in [0.3, 0.4) is 0 Å². The van der Waals surface area contributed by atoms with Gasteiger partial charge in [0.25, 0.3) is 0 Å². The number of hydrogen-bond acceptors (Lipinski definition) is 3. The molecule has 0 aliphatic carbocycles. The molecule has 0 spiro atoms. The van der Waals surface area contributed by atoms with E-state index in [4.69, 9.17) is 5.73 Å². The molecule has 15 heavy (non-hydrogen) atoms. The van der Waals surface area contributed by atoms with Gasteiger partial charge in [-0.1, -0.05) is 13.8 Å². The minimum atomic E-state index is 0.330. The Morgan fingerprint density at radius 1 is 1.47 bits per heavy atom. The highest BCUT2D eigenvalue weighted by atomic mass is 15.1. The van der Waals surface area contributed by atoms with Gasteiger partial charge < -0.3 is 11.1 Å². The molecular formula is C11H22N4. The average molecular weight is 210 g/mol. The molecule has 0 amide bonds. The highest BCUT2D eigenvalue weighted by Crippen LogP contribution is 2.12. The molecule has 4 N–H and O–H groups in total. The fourth-order valence-electron chi connectivity index (χ4n) is 1.53. The first-order valence-electron chi connectivity index (χ1n) is 5.57. The van der Waals surface area contributed by atoms with Crippen molar-refractivity contribution in [3.63, 3.8) is 0 Å². The minimum Gasteiger partial charge on any atom is -0.330 e. The maximum Gasteiger partial charge on any atom is 0.0534 e. The molecule has 0 bridgehead atoms. The topological polar surface area (TPSA) is 66.7 Å². The Morgan fingerprint density at radius 2 is 2.20 bits per heavy atom. The van der Waals surface area contributed by atoms with Crippen LogP contribution < -0.4 is 11.1 Å². The van der Waals surface area contributed by atoms with Gasteiger partial charge in [-0.2, -0.15) is 5.10 Å².